The van der Waals surface area contributed by atoms with E-state index < -0.39 is 0 Å². The van der Waals surface area contributed by atoms with Crippen molar-refractivity contribution in [1.29, 1.82) is 0 Å². The van der Waals surface area contributed by atoms with E-state index in [1.165, 1.54) is 11.1 Å². The van der Waals surface area contributed by atoms with Gasteiger partial charge in [-0.3, -0.25) is 5.32 Å². The second-order valence-corrected chi connectivity index (χ2v) is 4.45. The molecule has 6 heteroatoms. The third-order valence-corrected chi connectivity index (χ3v) is 3.20. The topological polar surface area (TPSA) is 74.8 Å². The van der Waals surface area contributed by atoms with Gasteiger partial charge in [-0.25, -0.2) is 9.98 Å². The number of aryl methyl sites for hydroxylation is 1. The van der Waals surface area contributed by atoms with Crippen LogP contribution in [-0.2, 0) is 6.54 Å². The van der Waals surface area contributed by atoms with Crippen LogP contribution in [0.2, 0.25) is 0 Å². The molecule has 2 rings (SSSR count). The minimum atomic E-state index is -0.0245. The van der Waals surface area contributed by atoms with Gasteiger partial charge in [0.2, 0.25) is 0 Å². The minimum absolute atomic E-state index is 0.0245. The lowest BCUT2D eigenvalue weighted by Gasteiger charge is -2.20. The number of rotatable bonds is 2. The van der Waals surface area contributed by atoms with Gasteiger partial charge in [-0.2, -0.15) is 11.3 Å². The Balaban J connectivity index is 2.04. The van der Waals surface area contributed by atoms with Crippen LogP contribution in [0.25, 0.3) is 0 Å². The quantitative estimate of drug-likeness (QED) is 0.711. The van der Waals surface area contributed by atoms with Crippen molar-refractivity contribution in [2.75, 3.05) is 0 Å². The summed E-state index contributed by atoms with van der Waals surface area (Å²) in [6.45, 7) is 4.68. The Bertz CT molecular complexity index is 434. The van der Waals surface area contributed by atoms with Crippen LogP contribution in [-0.4, -0.2) is 18.1 Å². The second kappa shape index (κ2) is 4.52. The van der Waals surface area contributed by atoms with E-state index in [0.29, 0.717) is 18.5 Å². The molecule has 2 heterocycles. The number of thiophene rings is 1. The van der Waals surface area contributed by atoms with Gasteiger partial charge >= 0.3 is 0 Å². The Labute approximate surface area is 98.5 Å². The maximum absolute atomic E-state index is 5.61. The molecule has 0 fully saturated rings. The molecular weight excluding hydrogens is 222 g/mol. The molecule has 0 saturated heterocycles. The number of nitrogens with two attached hydrogens (primary N) is 1. The van der Waals surface area contributed by atoms with Crippen LogP contribution in [0.4, 0.5) is 0 Å². The molecule has 0 amide bonds. The van der Waals surface area contributed by atoms with Crippen molar-refractivity contribution in [3.63, 3.8) is 0 Å². The number of hydrogen-bond acceptors (Lipinski definition) is 4. The summed E-state index contributed by atoms with van der Waals surface area (Å²) >= 11 is 1.70. The van der Waals surface area contributed by atoms with Crippen LogP contribution in [0, 0.1) is 6.92 Å². The average Bonchev–Trinajstić information content (AvgIpc) is 2.59. The number of hydrogen-bond donors (Lipinski definition) is 3. The average molecular weight is 237 g/mol. The molecule has 0 saturated carbocycles. The minimum Gasteiger partial charge on any atom is -0.370 e. The molecular formula is C10H15N5S. The van der Waals surface area contributed by atoms with Crippen LogP contribution < -0.4 is 16.4 Å². The van der Waals surface area contributed by atoms with Crippen LogP contribution >= 0.6 is 11.3 Å². The molecule has 86 valence electrons. The van der Waals surface area contributed by atoms with E-state index in [1.807, 2.05) is 6.92 Å². The van der Waals surface area contributed by atoms with Gasteiger partial charge in [0.05, 0.1) is 6.54 Å². The monoisotopic (exact) mass is 237 g/mol. The van der Waals surface area contributed by atoms with Crippen molar-refractivity contribution in [2.45, 2.75) is 26.6 Å². The Morgan fingerprint density at radius 3 is 3.00 bits per heavy atom. The van der Waals surface area contributed by atoms with Gasteiger partial charge in [0.15, 0.2) is 11.9 Å². The highest BCUT2D eigenvalue weighted by Crippen LogP contribution is 2.14. The van der Waals surface area contributed by atoms with Gasteiger partial charge in [-0.15, -0.1) is 0 Å². The third kappa shape index (κ3) is 2.52. The van der Waals surface area contributed by atoms with E-state index in [0.717, 1.165) is 0 Å². The zero-order valence-electron chi connectivity index (χ0n) is 9.32. The normalized spacial score (nSPS) is 22.5. The number of aliphatic imine (C=N–C) groups is 2. The summed E-state index contributed by atoms with van der Waals surface area (Å²) in [5.74, 6) is 1.10. The van der Waals surface area contributed by atoms with Crippen LogP contribution in [0.5, 0.6) is 0 Å². The molecule has 0 aliphatic carbocycles. The highest BCUT2D eigenvalue weighted by Gasteiger charge is 2.11. The van der Waals surface area contributed by atoms with E-state index in [9.17, 15) is 0 Å². The van der Waals surface area contributed by atoms with Crippen LogP contribution in [0.3, 0.4) is 0 Å². The molecule has 1 aliphatic rings. The summed E-state index contributed by atoms with van der Waals surface area (Å²) < 4.78 is 0. The summed E-state index contributed by atoms with van der Waals surface area (Å²) in [5, 5.41) is 10.2. The first kappa shape index (κ1) is 10.9. The van der Waals surface area contributed by atoms with E-state index >= 15 is 0 Å². The fraction of sp³-hybridized carbons (Fsp3) is 0.400. The van der Waals surface area contributed by atoms with E-state index in [1.54, 1.807) is 11.3 Å². The van der Waals surface area contributed by atoms with Crippen molar-refractivity contribution in [1.82, 2.24) is 10.6 Å². The number of guanidine groups is 2. The van der Waals surface area contributed by atoms with Crippen LogP contribution in [0.15, 0.2) is 20.7 Å². The van der Waals surface area contributed by atoms with Gasteiger partial charge in [0.25, 0.3) is 0 Å². The SMILES string of the molecule is Cc1cscc1CN=C1NC(N)=NC(C)N1. The predicted molar refractivity (Wildman–Crippen MR) is 67.6 cm³/mol. The molecule has 1 aliphatic heterocycles. The molecule has 0 spiro atoms. The summed E-state index contributed by atoms with van der Waals surface area (Å²) in [7, 11) is 0. The summed E-state index contributed by atoms with van der Waals surface area (Å²) in [6.07, 6.45) is -0.0245. The Morgan fingerprint density at radius 1 is 1.56 bits per heavy atom. The van der Waals surface area contributed by atoms with Crippen molar-refractivity contribution < 1.29 is 0 Å². The van der Waals surface area contributed by atoms with Gasteiger partial charge in [-0.1, -0.05) is 0 Å². The molecule has 1 unspecified atom stereocenters. The highest BCUT2D eigenvalue weighted by atomic mass is 32.1. The van der Waals surface area contributed by atoms with E-state index in [4.69, 9.17) is 5.73 Å². The van der Waals surface area contributed by atoms with Gasteiger partial charge in [0.1, 0.15) is 6.17 Å². The number of nitrogens with one attached hydrogen (secondary N) is 2. The summed E-state index contributed by atoms with van der Waals surface area (Å²) in [5.41, 5.74) is 8.14. The first-order chi connectivity index (χ1) is 7.65. The fourth-order valence-corrected chi connectivity index (χ4v) is 2.27. The fourth-order valence-electron chi connectivity index (χ4n) is 1.43. The molecule has 1 atom stereocenters. The highest BCUT2D eigenvalue weighted by molar-refractivity contribution is 7.08. The molecule has 5 nitrogen and oxygen atoms in total. The lowest BCUT2D eigenvalue weighted by atomic mass is 10.2. The lowest BCUT2D eigenvalue weighted by molar-refractivity contribution is 0.663. The maximum Gasteiger partial charge on any atom is 0.200 e. The molecule has 1 aromatic rings. The van der Waals surface area contributed by atoms with Crippen molar-refractivity contribution in [3.05, 3.63) is 21.9 Å². The van der Waals surface area contributed by atoms with E-state index in [2.05, 4.69) is 38.3 Å². The number of nitrogens with zero attached hydrogens (tertiary/aromatic N) is 2. The molecule has 0 radical (unpaired) electrons. The third-order valence-electron chi connectivity index (χ3n) is 2.29. The van der Waals surface area contributed by atoms with Crippen LogP contribution in [0.1, 0.15) is 18.1 Å². The standard InChI is InChI=1S/C10H15N5S/c1-6-4-16-5-8(6)3-12-10-14-7(2)13-9(11)15-10/h4-5,7H,3H2,1-2H3,(H4,11,12,13,14,15). The molecule has 0 aromatic carbocycles. The summed E-state index contributed by atoms with van der Waals surface area (Å²) in [4.78, 5) is 8.52. The first-order valence-electron chi connectivity index (χ1n) is 5.08. The largest absolute Gasteiger partial charge is 0.370 e. The van der Waals surface area contributed by atoms with Gasteiger partial charge in [-0.05, 0) is 35.7 Å². The molecule has 16 heavy (non-hydrogen) atoms. The predicted octanol–water partition coefficient (Wildman–Crippen LogP) is 0.766. The van der Waals surface area contributed by atoms with Crippen molar-refractivity contribution >= 4 is 23.3 Å². The summed E-state index contributed by atoms with van der Waals surface area (Å²) in [6, 6.07) is 0. The zero-order chi connectivity index (χ0) is 11.5. The molecule has 0 bridgehead atoms. The van der Waals surface area contributed by atoms with Gasteiger partial charge < -0.3 is 11.1 Å². The first-order valence-corrected chi connectivity index (χ1v) is 6.02. The van der Waals surface area contributed by atoms with Crippen molar-refractivity contribution in [2.24, 2.45) is 15.7 Å². The van der Waals surface area contributed by atoms with Gasteiger partial charge in [0, 0.05) is 0 Å². The molecule has 4 N–H and O–H groups in total. The molecule has 1 aromatic heterocycles. The van der Waals surface area contributed by atoms with Crippen molar-refractivity contribution in [3.8, 4) is 0 Å². The Kier molecular flexibility index (Phi) is 3.09. The maximum atomic E-state index is 5.61. The second-order valence-electron chi connectivity index (χ2n) is 3.70. The Morgan fingerprint density at radius 2 is 2.38 bits per heavy atom. The zero-order valence-corrected chi connectivity index (χ0v) is 10.1. The smallest absolute Gasteiger partial charge is 0.200 e. The van der Waals surface area contributed by atoms with E-state index in [-0.39, 0.29) is 6.17 Å². The lowest BCUT2D eigenvalue weighted by Crippen LogP contribution is -2.52. The Hall–Kier alpha value is -1.56.